The fraction of sp³-hybridized carbons (Fsp3) is 0.273. The van der Waals surface area contributed by atoms with Crippen molar-refractivity contribution in [3.63, 3.8) is 0 Å². The molecule has 0 aliphatic heterocycles. The monoisotopic (exact) mass is 338 g/mol. The molecular weight excluding hydrogens is 329 g/mol. The van der Waals surface area contributed by atoms with E-state index in [0.29, 0.717) is 21.2 Å². The summed E-state index contributed by atoms with van der Waals surface area (Å²) in [5.74, 6) is 5.00. The molecule has 114 valence electrons. The zero-order valence-corrected chi connectivity index (χ0v) is 12.0. The van der Waals surface area contributed by atoms with E-state index in [1.807, 2.05) is 0 Å². The van der Waals surface area contributed by atoms with Crippen LogP contribution in [0.5, 0.6) is 5.75 Å². The first-order chi connectivity index (χ1) is 9.88. The highest BCUT2D eigenvalue weighted by molar-refractivity contribution is 7.99. The highest BCUT2D eigenvalue weighted by atomic mass is 35.5. The van der Waals surface area contributed by atoms with Crippen LogP contribution in [0.4, 0.5) is 13.2 Å². The molecule has 0 spiro atoms. The second kappa shape index (κ2) is 6.44. The lowest BCUT2D eigenvalue weighted by molar-refractivity contribution is -0.146. The molecule has 1 heterocycles. The van der Waals surface area contributed by atoms with Gasteiger partial charge in [-0.25, -0.2) is 4.68 Å². The van der Waals surface area contributed by atoms with E-state index in [2.05, 4.69) is 10.2 Å². The summed E-state index contributed by atoms with van der Waals surface area (Å²) in [5.41, 5.74) is 0. The molecular formula is C11H10ClF3N4OS. The van der Waals surface area contributed by atoms with Crippen LogP contribution in [-0.4, -0.2) is 27.2 Å². The van der Waals surface area contributed by atoms with Gasteiger partial charge in [-0.3, -0.25) is 0 Å². The molecule has 2 aromatic rings. The van der Waals surface area contributed by atoms with Gasteiger partial charge >= 0.3 is 6.18 Å². The molecule has 0 saturated heterocycles. The predicted octanol–water partition coefficient (Wildman–Crippen LogP) is 2.84. The summed E-state index contributed by atoms with van der Waals surface area (Å²) in [6.07, 6.45) is -4.63. The molecule has 0 amide bonds. The highest BCUT2D eigenvalue weighted by Gasteiger charge is 2.38. The predicted molar refractivity (Wildman–Crippen MR) is 72.8 cm³/mol. The Labute approximate surface area is 127 Å². The number of nitrogen functional groups attached to an aromatic ring is 1. The first kappa shape index (κ1) is 15.8. The molecule has 1 aromatic carbocycles. The fourth-order valence-electron chi connectivity index (χ4n) is 1.42. The van der Waals surface area contributed by atoms with Crippen molar-refractivity contribution in [3.8, 4) is 5.75 Å². The molecule has 0 fully saturated rings. The van der Waals surface area contributed by atoms with E-state index < -0.39 is 12.0 Å². The van der Waals surface area contributed by atoms with Gasteiger partial charge in [0.1, 0.15) is 5.75 Å². The first-order valence-electron chi connectivity index (χ1n) is 5.67. The Bertz CT molecular complexity index is 620. The van der Waals surface area contributed by atoms with Crippen molar-refractivity contribution in [2.24, 2.45) is 0 Å². The minimum Gasteiger partial charge on any atom is -0.493 e. The molecule has 1 aromatic heterocycles. The van der Waals surface area contributed by atoms with Crippen LogP contribution in [0.25, 0.3) is 0 Å². The summed E-state index contributed by atoms with van der Waals surface area (Å²) in [4.78, 5) is 0. The van der Waals surface area contributed by atoms with Crippen LogP contribution < -0.4 is 10.6 Å². The van der Waals surface area contributed by atoms with E-state index in [4.69, 9.17) is 22.2 Å². The average Bonchev–Trinajstić information content (AvgIpc) is 2.76. The van der Waals surface area contributed by atoms with Gasteiger partial charge in [0.15, 0.2) is 0 Å². The Morgan fingerprint density at radius 3 is 2.71 bits per heavy atom. The zero-order valence-electron chi connectivity index (χ0n) is 10.5. The van der Waals surface area contributed by atoms with E-state index in [-0.39, 0.29) is 11.8 Å². The van der Waals surface area contributed by atoms with Gasteiger partial charge in [0.25, 0.3) is 5.82 Å². The van der Waals surface area contributed by atoms with Crippen LogP contribution in [0.2, 0.25) is 5.02 Å². The van der Waals surface area contributed by atoms with E-state index >= 15 is 0 Å². The van der Waals surface area contributed by atoms with Crippen LogP contribution in [0.3, 0.4) is 0 Å². The minimum atomic E-state index is -4.63. The van der Waals surface area contributed by atoms with Crippen LogP contribution in [-0.2, 0) is 6.18 Å². The Kier molecular flexibility index (Phi) is 4.84. The van der Waals surface area contributed by atoms with E-state index in [1.54, 1.807) is 24.3 Å². The summed E-state index contributed by atoms with van der Waals surface area (Å²) >= 11 is 6.80. The molecule has 21 heavy (non-hydrogen) atoms. The summed E-state index contributed by atoms with van der Waals surface area (Å²) in [7, 11) is 0. The first-order valence-corrected chi connectivity index (χ1v) is 7.03. The molecule has 0 radical (unpaired) electrons. The van der Waals surface area contributed by atoms with Crippen molar-refractivity contribution >= 4 is 23.4 Å². The van der Waals surface area contributed by atoms with Crippen molar-refractivity contribution in [1.82, 2.24) is 14.9 Å². The number of ether oxygens (including phenoxy) is 1. The average molecular weight is 339 g/mol. The number of hydrogen-bond acceptors (Lipinski definition) is 5. The van der Waals surface area contributed by atoms with Crippen LogP contribution in [0.1, 0.15) is 5.82 Å². The number of hydrogen-bond donors (Lipinski definition) is 1. The lowest BCUT2D eigenvalue weighted by Gasteiger charge is -2.07. The van der Waals surface area contributed by atoms with Gasteiger partial charge < -0.3 is 10.6 Å². The number of nitrogens with two attached hydrogens (primary N) is 1. The maximum atomic E-state index is 12.5. The molecule has 2 rings (SSSR count). The number of halogens is 4. The van der Waals surface area contributed by atoms with Gasteiger partial charge in [0.2, 0.25) is 5.16 Å². The van der Waals surface area contributed by atoms with Gasteiger partial charge in [-0.1, -0.05) is 29.4 Å². The van der Waals surface area contributed by atoms with Gasteiger partial charge in [-0.05, 0) is 18.2 Å². The third kappa shape index (κ3) is 4.18. The fourth-order valence-corrected chi connectivity index (χ4v) is 2.27. The number of rotatable bonds is 5. The van der Waals surface area contributed by atoms with Crippen LogP contribution in [0, 0.1) is 0 Å². The Morgan fingerprint density at radius 2 is 2.10 bits per heavy atom. The zero-order chi connectivity index (χ0) is 15.5. The molecule has 0 unspecified atom stereocenters. The molecule has 0 saturated carbocycles. The summed E-state index contributed by atoms with van der Waals surface area (Å²) in [6.45, 7) is 0.263. The van der Waals surface area contributed by atoms with E-state index in [9.17, 15) is 13.2 Å². The molecule has 0 aliphatic carbocycles. The van der Waals surface area contributed by atoms with Crippen molar-refractivity contribution < 1.29 is 17.9 Å². The molecule has 0 bridgehead atoms. The maximum absolute atomic E-state index is 12.5. The Hall–Kier alpha value is -1.61. The second-order valence-electron chi connectivity index (χ2n) is 3.83. The topological polar surface area (TPSA) is 66.0 Å². The lowest BCUT2D eigenvalue weighted by atomic mass is 10.3. The maximum Gasteiger partial charge on any atom is 0.453 e. The summed E-state index contributed by atoms with van der Waals surface area (Å²) in [6, 6.07) is 6.80. The number of benzene rings is 1. The van der Waals surface area contributed by atoms with E-state index in [1.165, 1.54) is 0 Å². The minimum absolute atomic E-state index is 0.0305. The van der Waals surface area contributed by atoms with Gasteiger partial charge in [0, 0.05) is 10.8 Å². The SMILES string of the molecule is Nn1c(SCCOc2cccc(Cl)c2)nnc1C(F)(F)F. The number of alkyl halides is 3. The number of aromatic nitrogens is 3. The molecule has 0 atom stereocenters. The number of thioether (sulfide) groups is 1. The molecule has 5 nitrogen and oxygen atoms in total. The molecule has 2 N–H and O–H groups in total. The largest absolute Gasteiger partial charge is 0.493 e. The summed E-state index contributed by atoms with van der Waals surface area (Å²) < 4.78 is 43.2. The smallest absolute Gasteiger partial charge is 0.453 e. The van der Waals surface area contributed by atoms with Crippen molar-refractivity contribution in [2.75, 3.05) is 18.2 Å². The quantitative estimate of drug-likeness (QED) is 0.516. The third-order valence-electron chi connectivity index (χ3n) is 2.30. The highest BCUT2D eigenvalue weighted by Crippen LogP contribution is 2.28. The lowest BCUT2D eigenvalue weighted by Crippen LogP contribution is -2.21. The van der Waals surface area contributed by atoms with Crippen molar-refractivity contribution in [1.29, 1.82) is 0 Å². The van der Waals surface area contributed by atoms with Gasteiger partial charge in [0.05, 0.1) is 6.61 Å². The Morgan fingerprint density at radius 1 is 1.33 bits per heavy atom. The Balaban J connectivity index is 1.86. The van der Waals surface area contributed by atoms with Crippen molar-refractivity contribution in [3.05, 3.63) is 35.1 Å². The second-order valence-corrected chi connectivity index (χ2v) is 5.33. The summed E-state index contributed by atoms with van der Waals surface area (Å²) in [5, 5.41) is 6.92. The third-order valence-corrected chi connectivity index (χ3v) is 3.44. The van der Waals surface area contributed by atoms with Crippen LogP contribution in [0.15, 0.2) is 29.4 Å². The van der Waals surface area contributed by atoms with Crippen molar-refractivity contribution in [2.45, 2.75) is 11.3 Å². The number of nitrogens with zero attached hydrogens (tertiary/aromatic N) is 3. The van der Waals surface area contributed by atoms with E-state index in [0.717, 1.165) is 11.8 Å². The van der Waals surface area contributed by atoms with Gasteiger partial charge in [-0.15, -0.1) is 10.2 Å². The normalized spacial score (nSPS) is 11.6. The molecule has 10 heteroatoms. The van der Waals surface area contributed by atoms with Crippen LogP contribution >= 0.6 is 23.4 Å². The molecule has 0 aliphatic rings. The van der Waals surface area contributed by atoms with Gasteiger partial charge in [-0.2, -0.15) is 13.2 Å². The standard InChI is InChI=1S/C11H10ClF3N4OS/c12-7-2-1-3-8(6-7)20-4-5-21-10-18-17-9(19(10)16)11(13,14)15/h1-3,6H,4-5,16H2.